The molecule has 0 spiro atoms. The van der Waals surface area contributed by atoms with E-state index in [-0.39, 0.29) is 50.6 Å². The molecular formula is C52H58N6O8S. The second-order valence-corrected chi connectivity index (χ2v) is 18.7. The summed E-state index contributed by atoms with van der Waals surface area (Å²) in [5.74, 6) is -0.260. The Labute approximate surface area is 396 Å². The molecule has 350 valence electrons. The molecule has 1 aromatic heterocycles. The number of rotatable bonds is 17. The van der Waals surface area contributed by atoms with Crippen molar-refractivity contribution in [1.82, 2.24) is 31.2 Å². The summed E-state index contributed by atoms with van der Waals surface area (Å²) in [4.78, 5) is 70.0. The van der Waals surface area contributed by atoms with Gasteiger partial charge in [0.2, 0.25) is 5.91 Å². The first kappa shape index (κ1) is 49.3. The van der Waals surface area contributed by atoms with Crippen LogP contribution in [-0.2, 0) is 30.2 Å². The van der Waals surface area contributed by atoms with E-state index in [1.54, 1.807) is 23.1 Å². The average Bonchev–Trinajstić information content (AvgIpc) is 3.63. The summed E-state index contributed by atoms with van der Waals surface area (Å²) in [5, 5.41) is 10.8. The summed E-state index contributed by atoms with van der Waals surface area (Å²) in [5.41, 5.74) is 4.95. The van der Waals surface area contributed by atoms with Gasteiger partial charge >= 0.3 is 18.3 Å². The first-order valence-corrected chi connectivity index (χ1v) is 23.0. The number of carbonyl (C=O) groups is 5. The van der Waals surface area contributed by atoms with Crippen molar-refractivity contribution in [3.8, 4) is 22.3 Å². The first-order chi connectivity index (χ1) is 32.0. The highest BCUT2D eigenvalue weighted by Gasteiger charge is 2.44. The third-order valence-electron chi connectivity index (χ3n) is 11.5. The number of hydrogen-bond donors (Lipinski definition) is 4. The summed E-state index contributed by atoms with van der Waals surface area (Å²) in [6.07, 6.45) is 2.54. The molecular weight excluding hydrogens is 869 g/mol. The zero-order valence-corrected chi connectivity index (χ0v) is 39.5. The fraction of sp³-hybridized carbons (Fsp3) is 0.308. The molecule has 2 heterocycles. The van der Waals surface area contributed by atoms with Crippen molar-refractivity contribution in [2.45, 2.75) is 63.5 Å². The Balaban J connectivity index is 0.866. The molecule has 1 aliphatic rings. The largest absolute Gasteiger partial charge is 0.448 e. The minimum Gasteiger partial charge on any atom is -0.448 e. The summed E-state index contributed by atoms with van der Waals surface area (Å²) in [6, 6.07) is 38.6. The van der Waals surface area contributed by atoms with Gasteiger partial charge < -0.3 is 40.4 Å². The van der Waals surface area contributed by atoms with Crippen LogP contribution in [-0.4, -0.2) is 89.4 Å². The topological polar surface area (TPSA) is 177 Å². The quantitative estimate of drug-likeness (QED) is 0.0400. The molecule has 0 radical (unpaired) electrons. The van der Waals surface area contributed by atoms with E-state index >= 15 is 0 Å². The SMILES string of the molecule is C[C@@H]1N(C(=O)/C=C/c2cc(C(=O)NCCNC(=O)OC(C)(C)c3ccc(-c4ccccc4)cc3)ccn2)CSC1(C)COC(=O)NCCNC(=O)OC(C)(C)c1ccc(-c2ccccc2)cc1. The van der Waals surface area contributed by atoms with Crippen molar-refractivity contribution in [3.05, 3.63) is 156 Å². The molecule has 0 aliphatic carbocycles. The lowest BCUT2D eigenvalue weighted by Gasteiger charge is -2.30. The summed E-state index contributed by atoms with van der Waals surface area (Å²) >= 11 is 1.50. The van der Waals surface area contributed by atoms with Crippen molar-refractivity contribution in [1.29, 1.82) is 0 Å². The highest BCUT2D eigenvalue weighted by molar-refractivity contribution is 8.00. The number of thioether (sulfide) groups is 1. The van der Waals surface area contributed by atoms with Crippen LogP contribution in [0.15, 0.2) is 134 Å². The lowest BCUT2D eigenvalue weighted by Crippen LogP contribution is -2.45. The highest BCUT2D eigenvalue weighted by Crippen LogP contribution is 2.40. The second-order valence-electron chi connectivity index (χ2n) is 17.2. The third kappa shape index (κ3) is 13.7. The number of hydrogen-bond acceptors (Lipinski definition) is 10. The zero-order valence-electron chi connectivity index (χ0n) is 38.7. The monoisotopic (exact) mass is 926 g/mol. The maximum Gasteiger partial charge on any atom is 0.408 e. The van der Waals surface area contributed by atoms with Gasteiger partial charge in [0.25, 0.3) is 5.91 Å². The number of ether oxygens (including phenoxy) is 3. The molecule has 0 saturated carbocycles. The number of carbonyl (C=O) groups excluding carboxylic acids is 5. The number of nitrogens with one attached hydrogen (secondary N) is 4. The summed E-state index contributed by atoms with van der Waals surface area (Å²) in [6.45, 7) is 11.7. The van der Waals surface area contributed by atoms with Gasteiger partial charge in [-0.25, -0.2) is 14.4 Å². The van der Waals surface area contributed by atoms with Crippen LogP contribution in [0.5, 0.6) is 0 Å². The number of aromatic nitrogens is 1. The maximum atomic E-state index is 13.3. The van der Waals surface area contributed by atoms with Gasteiger partial charge in [-0.15, -0.1) is 11.8 Å². The van der Waals surface area contributed by atoms with E-state index in [0.29, 0.717) is 17.1 Å². The van der Waals surface area contributed by atoms with Gasteiger partial charge in [-0.2, -0.15) is 0 Å². The van der Waals surface area contributed by atoms with Crippen LogP contribution in [0.25, 0.3) is 28.3 Å². The molecule has 4 aromatic carbocycles. The van der Waals surface area contributed by atoms with Gasteiger partial charge in [0.15, 0.2) is 0 Å². The van der Waals surface area contributed by atoms with Crippen LogP contribution in [0.1, 0.15) is 68.7 Å². The van der Waals surface area contributed by atoms with Crippen LogP contribution >= 0.6 is 11.8 Å². The van der Waals surface area contributed by atoms with E-state index in [2.05, 4.69) is 26.3 Å². The second kappa shape index (κ2) is 22.4. The zero-order chi connectivity index (χ0) is 48.0. The molecule has 0 bridgehead atoms. The molecule has 1 fully saturated rings. The van der Waals surface area contributed by atoms with E-state index in [1.807, 2.05) is 151 Å². The van der Waals surface area contributed by atoms with E-state index < -0.39 is 34.2 Å². The van der Waals surface area contributed by atoms with Crippen LogP contribution in [0.2, 0.25) is 0 Å². The Morgan fingerprint density at radius 2 is 1.13 bits per heavy atom. The number of alkyl carbamates (subject to hydrolysis) is 3. The molecule has 1 saturated heterocycles. The predicted octanol–water partition coefficient (Wildman–Crippen LogP) is 8.89. The molecule has 5 aromatic rings. The molecule has 4 N–H and O–H groups in total. The van der Waals surface area contributed by atoms with Crippen molar-refractivity contribution < 1.29 is 38.2 Å². The Kier molecular flexibility index (Phi) is 16.5. The van der Waals surface area contributed by atoms with E-state index in [4.69, 9.17) is 14.2 Å². The van der Waals surface area contributed by atoms with E-state index in [1.165, 1.54) is 24.0 Å². The van der Waals surface area contributed by atoms with Crippen molar-refractivity contribution in [3.63, 3.8) is 0 Å². The molecule has 6 rings (SSSR count). The van der Waals surface area contributed by atoms with Crippen LogP contribution < -0.4 is 21.3 Å². The Morgan fingerprint density at radius 1 is 0.672 bits per heavy atom. The minimum atomic E-state index is -0.889. The minimum absolute atomic E-state index is 0.0439. The van der Waals surface area contributed by atoms with E-state index in [0.717, 1.165) is 33.4 Å². The number of amides is 5. The van der Waals surface area contributed by atoms with Gasteiger partial charge in [0.05, 0.1) is 16.3 Å². The lowest BCUT2D eigenvalue weighted by molar-refractivity contribution is -0.126. The normalized spacial score (nSPS) is 15.9. The predicted molar refractivity (Wildman–Crippen MR) is 261 cm³/mol. The van der Waals surface area contributed by atoms with Crippen molar-refractivity contribution >= 4 is 47.9 Å². The number of pyridine rings is 1. The lowest BCUT2D eigenvalue weighted by atomic mass is 9.95. The van der Waals surface area contributed by atoms with Crippen LogP contribution in [0.3, 0.4) is 0 Å². The van der Waals surface area contributed by atoms with E-state index in [9.17, 15) is 24.0 Å². The molecule has 2 atom stereocenters. The Bertz CT molecular complexity index is 2520. The highest BCUT2D eigenvalue weighted by atomic mass is 32.2. The number of benzene rings is 4. The molecule has 15 heteroatoms. The van der Waals surface area contributed by atoms with Crippen molar-refractivity contribution in [2.24, 2.45) is 0 Å². The molecule has 1 aliphatic heterocycles. The smallest absolute Gasteiger partial charge is 0.408 e. The van der Waals surface area contributed by atoms with Crippen LogP contribution in [0.4, 0.5) is 14.4 Å². The molecule has 14 nitrogen and oxygen atoms in total. The molecule has 67 heavy (non-hydrogen) atoms. The van der Waals surface area contributed by atoms with Gasteiger partial charge in [0.1, 0.15) is 17.8 Å². The summed E-state index contributed by atoms with van der Waals surface area (Å²) < 4.78 is 16.3. The Hall–Kier alpha value is -7.13. The maximum absolute atomic E-state index is 13.3. The standard InChI is InChI=1S/C52H58N6O8S/c1-36-52(6,34-64-47(61)55-31-32-57-49(63)66-51(4,5)43-23-19-40(20-24-43)38-15-11-8-12-16-38)67-35-58(36)45(59)26-25-44-33-41(27-28-53-44)46(60)54-29-30-56-48(62)65-50(2,3)42-21-17-39(18-22-42)37-13-9-7-10-14-37/h7-28,33,36H,29-32,34-35H2,1-6H3,(H,54,60)(H,55,61)(H,56,62)(H,57,63)/b26-25+/t36-,52?/m0/s1. The molecule has 5 amide bonds. The summed E-state index contributed by atoms with van der Waals surface area (Å²) in [7, 11) is 0. The third-order valence-corrected chi connectivity index (χ3v) is 13.0. The average molecular weight is 927 g/mol. The fourth-order valence-corrected chi connectivity index (χ4v) is 8.50. The van der Waals surface area contributed by atoms with Gasteiger partial charge in [-0.05, 0) is 93.1 Å². The molecule has 1 unspecified atom stereocenters. The van der Waals surface area contributed by atoms with Gasteiger partial charge in [-0.3, -0.25) is 14.6 Å². The fourth-order valence-electron chi connectivity index (χ4n) is 7.20. The van der Waals surface area contributed by atoms with Gasteiger partial charge in [-0.1, -0.05) is 109 Å². The van der Waals surface area contributed by atoms with Crippen molar-refractivity contribution in [2.75, 3.05) is 38.7 Å². The first-order valence-electron chi connectivity index (χ1n) is 22.1. The number of nitrogens with zero attached hydrogens (tertiary/aromatic N) is 2. The van der Waals surface area contributed by atoms with Gasteiger partial charge in [0, 0.05) is 50.1 Å². The van der Waals surface area contributed by atoms with Crippen LogP contribution in [0, 0.1) is 0 Å². The Morgan fingerprint density at radius 3 is 1.64 bits per heavy atom.